The number of anilines is 1. The van der Waals surface area contributed by atoms with Crippen LogP contribution in [0, 0.1) is 0 Å². The topological polar surface area (TPSA) is 61.9 Å². The van der Waals surface area contributed by atoms with E-state index in [-0.39, 0.29) is 5.91 Å². The first-order chi connectivity index (χ1) is 12.2. The molecule has 0 fully saturated rings. The predicted molar refractivity (Wildman–Crippen MR) is 103 cm³/mol. The fourth-order valence-corrected chi connectivity index (χ4v) is 3.79. The van der Waals surface area contributed by atoms with Crippen LogP contribution in [0.1, 0.15) is 5.56 Å². The number of carbonyl (C=O) groups excluding carboxylic acids is 1. The number of H-pyrrole nitrogens is 1. The molecule has 1 N–H and O–H groups in total. The van der Waals surface area contributed by atoms with Gasteiger partial charge in [-0.15, -0.1) is 5.10 Å². The first kappa shape index (κ1) is 16.4. The molecule has 1 aliphatic rings. The third kappa shape index (κ3) is 3.48. The van der Waals surface area contributed by atoms with Crippen molar-refractivity contribution in [2.45, 2.75) is 11.6 Å². The predicted octanol–water partition coefficient (Wildman–Crippen LogP) is 3.92. The first-order valence-corrected chi connectivity index (χ1v) is 9.68. The molecule has 0 saturated heterocycles. The summed E-state index contributed by atoms with van der Waals surface area (Å²) in [5.74, 6) is 1.12. The van der Waals surface area contributed by atoms with E-state index in [9.17, 15) is 4.79 Å². The second kappa shape index (κ2) is 7.01. The van der Waals surface area contributed by atoms with Crippen LogP contribution in [0.3, 0.4) is 0 Å². The Kier molecular flexibility index (Phi) is 4.59. The highest BCUT2D eigenvalue weighted by Gasteiger charge is 2.24. The molecule has 2 aromatic carbocycles. The van der Waals surface area contributed by atoms with Crippen molar-refractivity contribution in [3.05, 3.63) is 58.6 Å². The molecule has 1 aromatic heterocycles. The normalized spacial score (nSPS) is 13.1. The number of halogens is 1. The summed E-state index contributed by atoms with van der Waals surface area (Å²) in [7, 11) is 0. The van der Waals surface area contributed by atoms with E-state index in [2.05, 4.69) is 37.2 Å². The minimum absolute atomic E-state index is 0.0879. The van der Waals surface area contributed by atoms with Gasteiger partial charge in [0.15, 0.2) is 5.82 Å². The summed E-state index contributed by atoms with van der Waals surface area (Å²) in [6.45, 7) is 0.747. The molecule has 0 aliphatic carbocycles. The minimum Gasteiger partial charge on any atom is -0.311 e. The number of hydrogen-bond acceptors (Lipinski definition) is 4. The molecule has 0 saturated carbocycles. The molecular formula is C18H15BrN4OS. The summed E-state index contributed by atoms with van der Waals surface area (Å²) in [5.41, 5.74) is 3.22. The molecule has 0 unspecified atom stereocenters. The summed E-state index contributed by atoms with van der Waals surface area (Å²) in [6, 6.07) is 15.9. The van der Waals surface area contributed by atoms with E-state index in [1.807, 2.05) is 47.4 Å². The zero-order valence-electron chi connectivity index (χ0n) is 13.3. The van der Waals surface area contributed by atoms with E-state index in [1.54, 1.807) is 0 Å². The number of aromatic amines is 1. The van der Waals surface area contributed by atoms with Gasteiger partial charge in [-0.2, -0.15) is 0 Å². The zero-order chi connectivity index (χ0) is 17.2. The third-order valence-corrected chi connectivity index (χ3v) is 5.46. The number of aromatic nitrogens is 3. The Morgan fingerprint density at radius 1 is 1.20 bits per heavy atom. The van der Waals surface area contributed by atoms with Crippen LogP contribution >= 0.6 is 27.7 Å². The fourth-order valence-electron chi connectivity index (χ4n) is 2.85. The molecule has 0 bridgehead atoms. The van der Waals surface area contributed by atoms with Crippen molar-refractivity contribution >= 4 is 39.3 Å². The van der Waals surface area contributed by atoms with Crippen molar-refractivity contribution in [2.75, 3.05) is 17.2 Å². The number of carbonyl (C=O) groups is 1. The molecule has 0 radical (unpaired) electrons. The molecule has 25 heavy (non-hydrogen) atoms. The lowest BCUT2D eigenvalue weighted by atomic mass is 10.2. The molecule has 5 nitrogen and oxygen atoms in total. The van der Waals surface area contributed by atoms with Gasteiger partial charge in [-0.05, 0) is 30.2 Å². The lowest BCUT2D eigenvalue weighted by molar-refractivity contribution is -0.116. The fraction of sp³-hybridized carbons (Fsp3) is 0.167. The SMILES string of the molecule is O=C(CSc1n[nH]c(-c2ccc(Br)cc2)n1)N1CCc2ccccc21. The van der Waals surface area contributed by atoms with E-state index >= 15 is 0 Å². The number of amides is 1. The summed E-state index contributed by atoms with van der Waals surface area (Å²) in [5, 5.41) is 7.71. The molecule has 4 rings (SSSR count). The maximum absolute atomic E-state index is 12.5. The number of fused-ring (bicyclic) bond motifs is 1. The average molecular weight is 415 g/mol. The maximum atomic E-state index is 12.5. The number of thioether (sulfide) groups is 1. The highest BCUT2D eigenvalue weighted by molar-refractivity contribution is 9.10. The van der Waals surface area contributed by atoms with Crippen molar-refractivity contribution < 1.29 is 4.79 Å². The molecule has 2 heterocycles. The second-order valence-corrected chi connectivity index (χ2v) is 7.54. The number of rotatable bonds is 4. The van der Waals surface area contributed by atoms with Crippen LogP contribution in [0.5, 0.6) is 0 Å². The van der Waals surface area contributed by atoms with Gasteiger partial charge >= 0.3 is 0 Å². The van der Waals surface area contributed by atoms with Gasteiger partial charge in [0.1, 0.15) is 0 Å². The number of benzene rings is 2. The Morgan fingerprint density at radius 2 is 2.00 bits per heavy atom. The van der Waals surface area contributed by atoms with Crippen molar-refractivity contribution in [3.63, 3.8) is 0 Å². The van der Waals surface area contributed by atoms with Crippen molar-refractivity contribution in [1.29, 1.82) is 0 Å². The molecule has 0 atom stereocenters. The zero-order valence-corrected chi connectivity index (χ0v) is 15.7. The van der Waals surface area contributed by atoms with Gasteiger partial charge in [0.05, 0.1) is 5.75 Å². The van der Waals surface area contributed by atoms with Crippen LogP contribution in [-0.4, -0.2) is 33.4 Å². The Hall–Kier alpha value is -2.12. The van der Waals surface area contributed by atoms with Crippen LogP contribution in [0.4, 0.5) is 5.69 Å². The highest BCUT2D eigenvalue weighted by atomic mass is 79.9. The summed E-state index contributed by atoms with van der Waals surface area (Å²) in [6.07, 6.45) is 0.918. The van der Waals surface area contributed by atoms with Crippen molar-refractivity contribution in [1.82, 2.24) is 15.2 Å². The number of nitrogens with zero attached hydrogens (tertiary/aromatic N) is 3. The van der Waals surface area contributed by atoms with Gasteiger partial charge in [0, 0.05) is 22.3 Å². The number of nitrogens with one attached hydrogen (secondary N) is 1. The van der Waals surface area contributed by atoms with Crippen LogP contribution < -0.4 is 4.90 Å². The summed E-state index contributed by atoms with van der Waals surface area (Å²) < 4.78 is 1.02. The lowest BCUT2D eigenvalue weighted by Gasteiger charge is -2.16. The van der Waals surface area contributed by atoms with Crippen molar-refractivity contribution in [2.24, 2.45) is 0 Å². The van der Waals surface area contributed by atoms with E-state index in [1.165, 1.54) is 17.3 Å². The molecule has 1 aliphatic heterocycles. The Labute approximate surface area is 158 Å². The quantitative estimate of drug-likeness (QED) is 0.657. The van der Waals surface area contributed by atoms with Crippen LogP contribution in [0.2, 0.25) is 0 Å². The van der Waals surface area contributed by atoms with E-state index < -0.39 is 0 Å². The van der Waals surface area contributed by atoms with Gasteiger partial charge in [-0.1, -0.05) is 58.0 Å². The van der Waals surface area contributed by atoms with Crippen LogP contribution in [0.25, 0.3) is 11.4 Å². The maximum Gasteiger partial charge on any atom is 0.237 e. The van der Waals surface area contributed by atoms with Gasteiger partial charge in [-0.3, -0.25) is 9.89 Å². The molecule has 1 amide bonds. The largest absolute Gasteiger partial charge is 0.311 e. The minimum atomic E-state index is 0.0879. The molecule has 0 spiro atoms. The smallest absolute Gasteiger partial charge is 0.237 e. The van der Waals surface area contributed by atoms with Crippen molar-refractivity contribution in [3.8, 4) is 11.4 Å². The molecular weight excluding hydrogens is 400 g/mol. The first-order valence-electron chi connectivity index (χ1n) is 7.90. The average Bonchev–Trinajstić information content (AvgIpc) is 3.27. The Morgan fingerprint density at radius 3 is 2.84 bits per heavy atom. The van der Waals surface area contributed by atoms with E-state index in [0.717, 1.165) is 28.7 Å². The number of para-hydroxylation sites is 1. The Bertz CT molecular complexity index is 909. The van der Waals surface area contributed by atoms with Gasteiger partial charge in [0.25, 0.3) is 0 Å². The van der Waals surface area contributed by atoms with E-state index in [4.69, 9.17) is 0 Å². The lowest BCUT2D eigenvalue weighted by Crippen LogP contribution is -2.30. The third-order valence-electron chi connectivity index (χ3n) is 4.10. The van der Waals surface area contributed by atoms with Gasteiger partial charge < -0.3 is 4.90 Å². The summed E-state index contributed by atoms with van der Waals surface area (Å²) in [4.78, 5) is 18.8. The second-order valence-electron chi connectivity index (χ2n) is 5.69. The summed E-state index contributed by atoms with van der Waals surface area (Å²) >= 11 is 4.77. The monoisotopic (exact) mass is 414 g/mol. The Balaban J connectivity index is 1.41. The van der Waals surface area contributed by atoms with Crippen LogP contribution in [0.15, 0.2) is 58.2 Å². The van der Waals surface area contributed by atoms with E-state index in [0.29, 0.717) is 16.7 Å². The molecule has 126 valence electrons. The standard InChI is InChI=1S/C18H15BrN4OS/c19-14-7-5-13(6-8-14)17-20-18(22-21-17)25-11-16(24)23-10-9-12-3-1-2-4-15(12)23/h1-8H,9-11H2,(H,20,21,22). The highest BCUT2D eigenvalue weighted by Crippen LogP contribution is 2.28. The van der Waals surface area contributed by atoms with Crippen LogP contribution in [-0.2, 0) is 11.2 Å². The molecule has 7 heteroatoms. The number of hydrogen-bond donors (Lipinski definition) is 1. The molecule has 3 aromatic rings. The van der Waals surface area contributed by atoms with Gasteiger partial charge in [0.2, 0.25) is 11.1 Å². The van der Waals surface area contributed by atoms with Gasteiger partial charge in [-0.25, -0.2) is 4.98 Å².